The number of ether oxygens (including phenoxy) is 1. The van der Waals surface area contributed by atoms with E-state index >= 15 is 0 Å². The highest BCUT2D eigenvalue weighted by molar-refractivity contribution is 7.11. The fourth-order valence-electron chi connectivity index (χ4n) is 1.61. The monoisotopic (exact) mass is 276 g/mol. The van der Waals surface area contributed by atoms with Crippen molar-refractivity contribution in [2.45, 2.75) is 20.4 Å². The highest BCUT2D eigenvalue weighted by Crippen LogP contribution is 2.15. The van der Waals surface area contributed by atoms with Crippen LogP contribution in [-0.4, -0.2) is 17.6 Å². The molecule has 1 aromatic carbocycles. The molecule has 0 spiro atoms. The van der Waals surface area contributed by atoms with Crippen molar-refractivity contribution in [2.75, 3.05) is 11.9 Å². The normalized spacial score (nSPS) is 10.2. The Balaban J connectivity index is 1.93. The third kappa shape index (κ3) is 3.79. The van der Waals surface area contributed by atoms with Crippen molar-refractivity contribution in [1.29, 1.82) is 0 Å². The van der Waals surface area contributed by atoms with Gasteiger partial charge in [-0.05, 0) is 38.1 Å². The van der Waals surface area contributed by atoms with Crippen LogP contribution in [0.15, 0.2) is 30.5 Å². The van der Waals surface area contributed by atoms with Crippen LogP contribution in [0.2, 0.25) is 0 Å². The van der Waals surface area contributed by atoms with Crippen LogP contribution in [0.3, 0.4) is 0 Å². The molecule has 4 nitrogen and oxygen atoms in total. The van der Waals surface area contributed by atoms with Crippen molar-refractivity contribution in [3.05, 3.63) is 45.9 Å². The molecule has 1 N–H and O–H groups in total. The van der Waals surface area contributed by atoms with E-state index in [2.05, 4.69) is 10.3 Å². The lowest BCUT2D eigenvalue weighted by Gasteiger charge is -2.06. The van der Waals surface area contributed by atoms with E-state index < -0.39 is 0 Å². The number of rotatable bonds is 5. The van der Waals surface area contributed by atoms with Crippen molar-refractivity contribution < 1.29 is 9.53 Å². The molecular formula is C14H16N2O2S. The molecule has 2 aromatic rings. The molecule has 0 atom stereocenters. The number of aryl methyl sites for hydroxylation is 1. The smallest absolute Gasteiger partial charge is 0.338 e. The highest BCUT2D eigenvalue weighted by Gasteiger charge is 2.05. The summed E-state index contributed by atoms with van der Waals surface area (Å²) in [5.74, 6) is -0.285. The quantitative estimate of drug-likeness (QED) is 0.852. The summed E-state index contributed by atoms with van der Waals surface area (Å²) < 4.78 is 4.93. The number of benzene rings is 1. The van der Waals surface area contributed by atoms with Crippen molar-refractivity contribution in [2.24, 2.45) is 0 Å². The Morgan fingerprint density at radius 1 is 1.37 bits per heavy atom. The molecule has 0 amide bonds. The van der Waals surface area contributed by atoms with E-state index in [0.717, 1.165) is 17.2 Å². The third-order valence-corrected chi connectivity index (χ3v) is 3.44. The Kier molecular flexibility index (Phi) is 4.52. The summed E-state index contributed by atoms with van der Waals surface area (Å²) >= 11 is 1.67. The van der Waals surface area contributed by atoms with Gasteiger partial charge in [-0.3, -0.25) is 0 Å². The minimum Gasteiger partial charge on any atom is -0.462 e. The van der Waals surface area contributed by atoms with Crippen LogP contribution in [0.1, 0.15) is 27.2 Å². The van der Waals surface area contributed by atoms with Crippen LogP contribution >= 0.6 is 11.3 Å². The molecule has 1 heterocycles. The van der Waals surface area contributed by atoms with E-state index in [9.17, 15) is 4.79 Å². The second-order valence-corrected chi connectivity index (χ2v) is 5.32. The molecule has 0 fully saturated rings. The number of carbonyl (C=O) groups is 1. The summed E-state index contributed by atoms with van der Waals surface area (Å²) in [5, 5.41) is 4.36. The number of aromatic nitrogens is 1. The molecule has 19 heavy (non-hydrogen) atoms. The first-order chi connectivity index (χ1) is 9.19. The molecule has 0 aliphatic rings. The number of anilines is 1. The number of nitrogens with zero attached hydrogens (tertiary/aromatic N) is 1. The van der Waals surface area contributed by atoms with Crippen LogP contribution in [0.25, 0.3) is 0 Å². The lowest BCUT2D eigenvalue weighted by atomic mass is 10.2. The molecule has 0 bridgehead atoms. The Morgan fingerprint density at radius 2 is 2.11 bits per heavy atom. The zero-order valence-electron chi connectivity index (χ0n) is 11.0. The van der Waals surface area contributed by atoms with E-state index in [4.69, 9.17) is 4.74 Å². The van der Waals surface area contributed by atoms with Gasteiger partial charge in [0.15, 0.2) is 0 Å². The van der Waals surface area contributed by atoms with Crippen LogP contribution in [0, 0.1) is 6.92 Å². The van der Waals surface area contributed by atoms with Gasteiger partial charge in [-0.2, -0.15) is 0 Å². The summed E-state index contributed by atoms with van der Waals surface area (Å²) in [6, 6.07) is 7.27. The summed E-state index contributed by atoms with van der Waals surface area (Å²) in [4.78, 5) is 16.9. The molecule has 100 valence electrons. The Bertz CT molecular complexity index is 549. The number of nitrogens with one attached hydrogen (secondary N) is 1. The van der Waals surface area contributed by atoms with Crippen molar-refractivity contribution >= 4 is 23.0 Å². The fraction of sp³-hybridized carbons (Fsp3) is 0.286. The van der Waals surface area contributed by atoms with Crippen molar-refractivity contribution in [3.8, 4) is 0 Å². The van der Waals surface area contributed by atoms with Gasteiger partial charge >= 0.3 is 5.97 Å². The van der Waals surface area contributed by atoms with Crippen LogP contribution in [-0.2, 0) is 11.3 Å². The molecule has 0 aliphatic carbocycles. The first kappa shape index (κ1) is 13.5. The van der Waals surface area contributed by atoms with E-state index in [1.165, 1.54) is 4.88 Å². The molecule has 0 radical (unpaired) electrons. The second kappa shape index (κ2) is 6.33. The standard InChI is InChI=1S/C14H16N2O2S/c1-3-18-14(17)11-4-6-12(7-5-11)16-9-13-8-15-10(2)19-13/h4-8,16H,3,9H2,1-2H3. The topological polar surface area (TPSA) is 51.2 Å². The van der Waals surface area contributed by atoms with Gasteiger partial charge in [0.05, 0.1) is 23.7 Å². The van der Waals surface area contributed by atoms with Gasteiger partial charge in [0.1, 0.15) is 0 Å². The van der Waals surface area contributed by atoms with Crippen LogP contribution in [0.4, 0.5) is 5.69 Å². The lowest BCUT2D eigenvalue weighted by molar-refractivity contribution is 0.0526. The number of esters is 1. The molecule has 0 saturated carbocycles. The van der Waals surface area contributed by atoms with Gasteiger partial charge in [0.25, 0.3) is 0 Å². The van der Waals surface area contributed by atoms with Gasteiger partial charge in [-0.25, -0.2) is 9.78 Å². The Labute approximate surface area is 116 Å². The SMILES string of the molecule is CCOC(=O)c1ccc(NCc2cnc(C)s2)cc1. The van der Waals surface area contributed by atoms with Gasteiger partial charge < -0.3 is 10.1 Å². The molecule has 5 heteroatoms. The summed E-state index contributed by atoms with van der Waals surface area (Å²) in [7, 11) is 0. The zero-order chi connectivity index (χ0) is 13.7. The number of thiazole rings is 1. The van der Waals surface area contributed by atoms with E-state index in [1.807, 2.05) is 25.3 Å². The van der Waals surface area contributed by atoms with Crippen molar-refractivity contribution in [3.63, 3.8) is 0 Å². The first-order valence-electron chi connectivity index (χ1n) is 6.11. The maximum atomic E-state index is 11.5. The van der Waals surface area contributed by atoms with E-state index in [0.29, 0.717) is 12.2 Å². The number of hydrogen-bond donors (Lipinski definition) is 1. The number of hydrogen-bond acceptors (Lipinski definition) is 5. The lowest BCUT2D eigenvalue weighted by Crippen LogP contribution is -2.04. The maximum absolute atomic E-state index is 11.5. The second-order valence-electron chi connectivity index (χ2n) is 4.00. The maximum Gasteiger partial charge on any atom is 0.338 e. The largest absolute Gasteiger partial charge is 0.462 e. The summed E-state index contributed by atoms with van der Waals surface area (Å²) in [5.41, 5.74) is 1.54. The predicted octanol–water partition coefficient (Wildman–Crippen LogP) is 3.24. The molecule has 0 aliphatic heterocycles. The molecular weight excluding hydrogens is 260 g/mol. The predicted molar refractivity (Wildman–Crippen MR) is 76.6 cm³/mol. The van der Waals surface area contributed by atoms with Gasteiger partial charge in [0.2, 0.25) is 0 Å². The molecule has 0 unspecified atom stereocenters. The average Bonchev–Trinajstić information content (AvgIpc) is 2.83. The van der Waals surface area contributed by atoms with Crippen molar-refractivity contribution in [1.82, 2.24) is 4.98 Å². The van der Waals surface area contributed by atoms with E-state index in [1.54, 1.807) is 30.4 Å². The first-order valence-corrected chi connectivity index (χ1v) is 6.93. The Morgan fingerprint density at radius 3 is 2.68 bits per heavy atom. The minimum absolute atomic E-state index is 0.285. The van der Waals surface area contributed by atoms with E-state index in [-0.39, 0.29) is 5.97 Å². The van der Waals surface area contributed by atoms with Crippen LogP contribution < -0.4 is 5.32 Å². The average molecular weight is 276 g/mol. The van der Waals surface area contributed by atoms with Crippen LogP contribution in [0.5, 0.6) is 0 Å². The summed E-state index contributed by atoms with van der Waals surface area (Å²) in [6.07, 6.45) is 1.87. The fourth-order valence-corrected chi connectivity index (χ4v) is 2.35. The zero-order valence-corrected chi connectivity index (χ0v) is 11.8. The molecule has 1 aromatic heterocycles. The van der Waals surface area contributed by atoms with Gasteiger partial charge in [-0.1, -0.05) is 0 Å². The molecule has 2 rings (SSSR count). The highest BCUT2D eigenvalue weighted by atomic mass is 32.1. The van der Waals surface area contributed by atoms with Gasteiger partial charge in [-0.15, -0.1) is 11.3 Å². The van der Waals surface area contributed by atoms with Gasteiger partial charge in [0, 0.05) is 16.8 Å². The Hall–Kier alpha value is -1.88. The third-order valence-electron chi connectivity index (χ3n) is 2.53. The number of carbonyl (C=O) groups excluding carboxylic acids is 1. The summed E-state index contributed by atoms with van der Waals surface area (Å²) in [6.45, 7) is 4.92. The molecule has 0 saturated heterocycles. The minimum atomic E-state index is -0.285.